The van der Waals surface area contributed by atoms with Gasteiger partial charge in [-0.05, 0) is 88.6 Å². The Morgan fingerprint density at radius 3 is 0.931 bits per heavy atom. The molecule has 2 nitrogen and oxygen atoms in total. The predicted molar refractivity (Wildman–Crippen MR) is 245 cm³/mol. The molecule has 0 saturated heterocycles. The van der Waals surface area contributed by atoms with Crippen molar-refractivity contribution in [3.63, 3.8) is 0 Å². The Bertz CT molecular complexity index is 3190. The van der Waals surface area contributed by atoms with Crippen LogP contribution in [0.1, 0.15) is 0 Å². The molecule has 2 heteroatoms. The van der Waals surface area contributed by atoms with Gasteiger partial charge in [0.1, 0.15) is 0 Å². The van der Waals surface area contributed by atoms with Crippen molar-refractivity contribution in [2.24, 2.45) is 0 Å². The van der Waals surface area contributed by atoms with Crippen LogP contribution < -0.4 is 0 Å². The largest absolute Gasteiger partial charge is 0.228 e. The summed E-state index contributed by atoms with van der Waals surface area (Å²) < 4.78 is 0. The third-order valence-corrected chi connectivity index (χ3v) is 11.5. The van der Waals surface area contributed by atoms with E-state index in [1.54, 1.807) is 0 Å². The zero-order valence-electron chi connectivity index (χ0n) is 31.7. The summed E-state index contributed by atoms with van der Waals surface area (Å²) in [6, 6.07) is 78.2. The monoisotopic (exact) mass is 736 g/mol. The van der Waals surface area contributed by atoms with Crippen molar-refractivity contribution in [1.29, 1.82) is 0 Å². The first-order chi connectivity index (χ1) is 28.8. The molecule has 1 aromatic heterocycles. The third-order valence-electron chi connectivity index (χ3n) is 11.5. The number of fused-ring (bicyclic) bond motifs is 4. The number of nitrogens with zero attached hydrogens (tertiary/aromatic N) is 2. The maximum Gasteiger partial charge on any atom is 0.161 e. The molecule has 270 valence electrons. The van der Waals surface area contributed by atoms with E-state index in [1.807, 2.05) is 12.1 Å². The molecular formula is C56H36N2. The Morgan fingerprint density at radius 1 is 0.207 bits per heavy atom. The van der Waals surface area contributed by atoms with Gasteiger partial charge in [0.15, 0.2) is 5.82 Å². The highest BCUT2D eigenvalue weighted by atomic mass is 14.9. The van der Waals surface area contributed by atoms with Gasteiger partial charge in [-0.1, -0.05) is 206 Å². The maximum absolute atomic E-state index is 5.34. The van der Waals surface area contributed by atoms with Gasteiger partial charge in [-0.2, -0.15) is 0 Å². The van der Waals surface area contributed by atoms with E-state index in [1.165, 1.54) is 54.9 Å². The summed E-state index contributed by atoms with van der Waals surface area (Å²) in [5.74, 6) is 0.711. The first-order valence-corrected chi connectivity index (χ1v) is 19.8. The molecular weight excluding hydrogens is 701 g/mol. The zero-order chi connectivity index (χ0) is 38.4. The van der Waals surface area contributed by atoms with Gasteiger partial charge in [0, 0.05) is 16.7 Å². The van der Waals surface area contributed by atoms with Crippen LogP contribution in [0.25, 0.3) is 110 Å². The Morgan fingerprint density at radius 2 is 0.517 bits per heavy atom. The Labute approximate surface area is 337 Å². The summed E-state index contributed by atoms with van der Waals surface area (Å²) in [6.07, 6.45) is 0. The molecule has 11 rings (SSSR count). The predicted octanol–water partition coefficient (Wildman–Crippen LogP) is 15.1. The maximum atomic E-state index is 5.34. The quantitative estimate of drug-likeness (QED) is 0.159. The summed E-state index contributed by atoms with van der Waals surface area (Å²) >= 11 is 0. The minimum Gasteiger partial charge on any atom is -0.228 e. The number of aromatic nitrogens is 2. The Hall–Kier alpha value is -7.68. The van der Waals surface area contributed by atoms with Gasteiger partial charge in [-0.25, -0.2) is 9.97 Å². The topological polar surface area (TPSA) is 25.8 Å². The van der Waals surface area contributed by atoms with Crippen LogP contribution in [-0.2, 0) is 0 Å². The molecule has 0 spiro atoms. The minimum absolute atomic E-state index is 0.711. The van der Waals surface area contributed by atoms with E-state index >= 15 is 0 Å². The van der Waals surface area contributed by atoms with Gasteiger partial charge in [0.25, 0.3) is 0 Å². The highest BCUT2D eigenvalue weighted by molar-refractivity contribution is 6.24. The molecule has 0 aliphatic rings. The van der Waals surface area contributed by atoms with Gasteiger partial charge in [-0.3, -0.25) is 0 Å². The number of hydrogen-bond donors (Lipinski definition) is 0. The van der Waals surface area contributed by atoms with Crippen LogP contribution in [0.4, 0.5) is 0 Å². The molecule has 0 aliphatic heterocycles. The van der Waals surface area contributed by atoms with Crippen molar-refractivity contribution >= 4 is 43.1 Å². The molecule has 0 bridgehead atoms. The van der Waals surface area contributed by atoms with Gasteiger partial charge < -0.3 is 0 Å². The molecule has 10 aromatic carbocycles. The molecule has 0 fully saturated rings. The van der Waals surface area contributed by atoms with Crippen LogP contribution in [0.2, 0.25) is 0 Å². The average Bonchev–Trinajstić information content (AvgIpc) is 3.30. The summed E-state index contributed by atoms with van der Waals surface area (Å²) in [6.45, 7) is 0. The molecule has 11 aromatic rings. The van der Waals surface area contributed by atoms with Crippen LogP contribution in [0.5, 0.6) is 0 Å². The first-order valence-electron chi connectivity index (χ1n) is 19.8. The summed E-state index contributed by atoms with van der Waals surface area (Å²) in [4.78, 5) is 10.7. The smallest absolute Gasteiger partial charge is 0.161 e. The fourth-order valence-electron chi connectivity index (χ4n) is 8.92. The lowest BCUT2D eigenvalue weighted by Gasteiger charge is -2.20. The Balaban J connectivity index is 1.23. The van der Waals surface area contributed by atoms with E-state index in [0.717, 1.165) is 49.6 Å². The fraction of sp³-hybridized carbons (Fsp3) is 0. The van der Waals surface area contributed by atoms with E-state index in [9.17, 15) is 0 Å². The van der Waals surface area contributed by atoms with E-state index in [2.05, 4.69) is 206 Å². The normalized spacial score (nSPS) is 11.4. The Kier molecular flexibility index (Phi) is 8.19. The zero-order valence-corrected chi connectivity index (χ0v) is 31.7. The third kappa shape index (κ3) is 5.66. The van der Waals surface area contributed by atoms with Crippen LogP contribution in [-0.4, -0.2) is 9.97 Å². The molecule has 0 atom stereocenters. The summed E-state index contributed by atoms with van der Waals surface area (Å²) in [5.41, 5.74) is 12.2. The summed E-state index contributed by atoms with van der Waals surface area (Å²) in [7, 11) is 0. The highest BCUT2D eigenvalue weighted by Crippen LogP contribution is 2.48. The van der Waals surface area contributed by atoms with Crippen molar-refractivity contribution in [1.82, 2.24) is 9.97 Å². The van der Waals surface area contributed by atoms with Crippen molar-refractivity contribution in [3.8, 4) is 67.3 Å². The van der Waals surface area contributed by atoms with Gasteiger partial charge >= 0.3 is 0 Å². The minimum atomic E-state index is 0.711. The molecule has 0 unspecified atom stereocenters. The van der Waals surface area contributed by atoms with Crippen LogP contribution >= 0.6 is 0 Å². The van der Waals surface area contributed by atoms with E-state index < -0.39 is 0 Å². The molecule has 0 saturated carbocycles. The number of hydrogen-bond acceptors (Lipinski definition) is 2. The summed E-state index contributed by atoms with van der Waals surface area (Å²) in [5, 5.41) is 9.51. The lowest BCUT2D eigenvalue weighted by atomic mass is 9.83. The average molecular weight is 737 g/mol. The van der Waals surface area contributed by atoms with E-state index in [4.69, 9.17) is 9.97 Å². The van der Waals surface area contributed by atoms with Crippen molar-refractivity contribution in [2.75, 3.05) is 0 Å². The fourth-order valence-corrected chi connectivity index (χ4v) is 8.92. The van der Waals surface area contributed by atoms with Crippen LogP contribution in [0.15, 0.2) is 218 Å². The standard InChI is InChI=1S/C56H36N2/c1-5-19-37(20-6-1)50-36-51(38-21-7-2-8-22-38)58-56(57-50)55-46-31-17-15-29-44(46)54(45-30-16-18-32-47(45)55)41-33-34-48-49(35-41)53(40-25-11-4-12-26-40)43-28-14-13-27-42(43)52(48)39-23-9-3-10-24-39/h1-36H. The van der Waals surface area contributed by atoms with Crippen LogP contribution in [0.3, 0.4) is 0 Å². The second-order valence-electron chi connectivity index (χ2n) is 14.8. The van der Waals surface area contributed by atoms with E-state index in [0.29, 0.717) is 5.82 Å². The lowest BCUT2D eigenvalue weighted by molar-refractivity contribution is 1.19. The SMILES string of the molecule is c1ccc(-c2cc(-c3ccccc3)nc(-c3c4ccccc4c(-c4ccc5c(-c6ccccc6)c6ccccc6c(-c6ccccc6)c5c4)c4ccccc34)n2)cc1. The number of rotatable bonds is 6. The molecule has 0 radical (unpaired) electrons. The first kappa shape index (κ1) is 33.6. The second kappa shape index (κ2) is 14.1. The van der Waals surface area contributed by atoms with Crippen LogP contribution in [0, 0.1) is 0 Å². The molecule has 58 heavy (non-hydrogen) atoms. The molecule has 0 amide bonds. The van der Waals surface area contributed by atoms with Gasteiger partial charge in [0.05, 0.1) is 11.4 Å². The molecule has 0 N–H and O–H groups in total. The van der Waals surface area contributed by atoms with Gasteiger partial charge in [-0.15, -0.1) is 0 Å². The highest BCUT2D eigenvalue weighted by Gasteiger charge is 2.22. The number of benzene rings is 10. The molecule has 0 aliphatic carbocycles. The second-order valence-corrected chi connectivity index (χ2v) is 14.8. The van der Waals surface area contributed by atoms with Crippen molar-refractivity contribution < 1.29 is 0 Å². The van der Waals surface area contributed by atoms with Crippen molar-refractivity contribution in [2.45, 2.75) is 0 Å². The van der Waals surface area contributed by atoms with Crippen molar-refractivity contribution in [3.05, 3.63) is 218 Å². The van der Waals surface area contributed by atoms with E-state index in [-0.39, 0.29) is 0 Å². The van der Waals surface area contributed by atoms with Gasteiger partial charge in [0.2, 0.25) is 0 Å². The molecule has 1 heterocycles. The lowest BCUT2D eigenvalue weighted by Crippen LogP contribution is -1.98.